The Kier molecular flexibility index (Phi) is 5.71. The van der Waals surface area contributed by atoms with Crippen LogP contribution in [0.4, 0.5) is 10.5 Å². The maximum absolute atomic E-state index is 12.3. The third-order valence-electron chi connectivity index (χ3n) is 4.11. The van der Waals surface area contributed by atoms with Crippen LogP contribution in [0.3, 0.4) is 0 Å². The summed E-state index contributed by atoms with van der Waals surface area (Å²) in [5.41, 5.74) is 2.72. The van der Waals surface area contributed by atoms with E-state index in [1.807, 2.05) is 43.3 Å². The Morgan fingerprint density at radius 3 is 2.74 bits per heavy atom. The first kappa shape index (κ1) is 18.4. The van der Waals surface area contributed by atoms with Gasteiger partial charge in [-0.3, -0.25) is 0 Å². The number of aromatic nitrogens is 2. The Balaban J connectivity index is 1.54. The van der Waals surface area contributed by atoms with E-state index in [0.29, 0.717) is 36.1 Å². The number of amides is 2. The minimum Gasteiger partial charge on any atom is -0.497 e. The highest BCUT2D eigenvalue weighted by atomic mass is 16.5. The molecule has 140 valence electrons. The standard InChI is InChI=1S/C20H22N4O3/c1-14-7-9-15(10-8-14)19-22-18(23-27-19)11-12-24(2)20(25)21-16-5-4-6-17(13-16)26-3/h4-10,13H,11-12H2,1-3H3,(H,21,25). The lowest BCUT2D eigenvalue weighted by Gasteiger charge is -2.17. The summed E-state index contributed by atoms with van der Waals surface area (Å²) in [4.78, 5) is 18.3. The first-order valence-corrected chi connectivity index (χ1v) is 8.61. The molecule has 0 fully saturated rings. The third-order valence-corrected chi connectivity index (χ3v) is 4.11. The van der Waals surface area contributed by atoms with Crippen LogP contribution >= 0.6 is 0 Å². The molecule has 3 aromatic rings. The molecule has 0 saturated heterocycles. The Bertz CT molecular complexity index is 906. The van der Waals surface area contributed by atoms with E-state index in [2.05, 4.69) is 15.5 Å². The topological polar surface area (TPSA) is 80.5 Å². The molecule has 7 nitrogen and oxygen atoms in total. The number of hydrogen-bond acceptors (Lipinski definition) is 5. The second-order valence-electron chi connectivity index (χ2n) is 6.22. The number of methoxy groups -OCH3 is 1. The largest absolute Gasteiger partial charge is 0.497 e. The van der Waals surface area contributed by atoms with Gasteiger partial charge in [0.2, 0.25) is 0 Å². The van der Waals surface area contributed by atoms with Gasteiger partial charge in [0.1, 0.15) is 5.75 Å². The average molecular weight is 366 g/mol. The molecular weight excluding hydrogens is 344 g/mol. The van der Waals surface area contributed by atoms with E-state index in [4.69, 9.17) is 9.26 Å². The molecule has 0 saturated carbocycles. The summed E-state index contributed by atoms with van der Waals surface area (Å²) in [5, 5.41) is 6.82. The van der Waals surface area contributed by atoms with Crippen LogP contribution in [-0.2, 0) is 6.42 Å². The fourth-order valence-electron chi connectivity index (χ4n) is 2.46. The number of rotatable bonds is 6. The molecule has 1 aromatic heterocycles. The second-order valence-corrected chi connectivity index (χ2v) is 6.22. The second kappa shape index (κ2) is 8.35. The Morgan fingerprint density at radius 1 is 1.22 bits per heavy atom. The van der Waals surface area contributed by atoms with E-state index in [-0.39, 0.29) is 6.03 Å². The number of nitrogens with one attached hydrogen (secondary N) is 1. The number of ether oxygens (including phenoxy) is 1. The van der Waals surface area contributed by atoms with Gasteiger partial charge in [-0.25, -0.2) is 4.79 Å². The molecule has 0 aliphatic rings. The fraction of sp³-hybridized carbons (Fsp3) is 0.250. The Hall–Kier alpha value is -3.35. The van der Waals surface area contributed by atoms with Crippen molar-refractivity contribution in [2.24, 2.45) is 0 Å². The molecule has 0 aliphatic heterocycles. The Morgan fingerprint density at radius 2 is 2.00 bits per heavy atom. The molecule has 0 bridgehead atoms. The molecule has 0 aliphatic carbocycles. The van der Waals surface area contributed by atoms with E-state index in [0.717, 1.165) is 5.56 Å². The summed E-state index contributed by atoms with van der Waals surface area (Å²) >= 11 is 0. The van der Waals surface area contributed by atoms with E-state index >= 15 is 0 Å². The highest BCUT2D eigenvalue weighted by molar-refractivity contribution is 5.89. The lowest BCUT2D eigenvalue weighted by atomic mass is 10.1. The van der Waals surface area contributed by atoms with E-state index < -0.39 is 0 Å². The van der Waals surface area contributed by atoms with Gasteiger partial charge in [-0.05, 0) is 31.2 Å². The van der Waals surface area contributed by atoms with Gasteiger partial charge in [-0.15, -0.1) is 0 Å². The van der Waals surface area contributed by atoms with Crippen molar-refractivity contribution in [3.05, 3.63) is 59.9 Å². The van der Waals surface area contributed by atoms with Crippen LogP contribution in [0.15, 0.2) is 53.1 Å². The van der Waals surface area contributed by atoms with Crippen LogP contribution in [0.25, 0.3) is 11.5 Å². The summed E-state index contributed by atoms with van der Waals surface area (Å²) in [6.07, 6.45) is 0.497. The van der Waals surface area contributed by atoms with Crippen molar-refractivity contribution >= 4 is 11.7 Å². The van der Waals surface area contributed by atoms with Gasteiger partial charge in [0.15, 0.2) is 5.82 Å². The Labute approximate surface area is 158 Å². The van der Waals surface area contributed by atoms with Gasteiger partial charge >= 0.3 is 6.03 Å². The lowest BCUT2D eigenvalue weighted by molar-refractivity contribution is 0.222. The highest BCUT2D eigenvalue weighted by Crippen LogP contribution is 2.18. The van der Waals surface area contributed by atoms with Crippen LogP contribution in [-0.4, -0.2) is 41.8 Å². The molecular formula is C20H22N4O3. The first-order chi connectivity index (χ1) is 13.0. The zero-order chi connectivity index (χ0) is 19.2. The minimum atomic E-state index is -0.217. The van der Waals surface area contributed by atoms with E-state index in [1.165, 1.54) is 5.56 Å². The number of nitrogens with zero attached hydrogens (tertiary/aromatic N) is 3. The van der Waals surface area contributed by atoms with Gasteiger partial charge in [-0.2, -0.15) is 4.98 Å². The first-order valence-electron chi connectivity index (χ1n) is 8.61. The SMILES string of the molecule is COc1cccc(NC(=O)N(C)CCc2noc(-c3ccc(C)cc3)n2)c1. The number of benzene rings is 2. The molecule has 7 heteroatoms. The van der Waals surface area contributed by atoms with Gasteiger partial charge in [0.05, 0.1) is 7.11 Å². The van der Waals surface area contributed by atoms with Crippen molar-refractivity contribution in [3.63, 3.8) is 0 Å². The van der Waals surface area contributed by atoms with E-state index in [1.54, 1.807) is 31.2 Å². The van der Waals surface area contributed by atoms with Gasteiger partial charge in [0.25, 0.3) is 5.89 Å². The van der Waals surface area contributed by atoms with Crippen LogP contribution in [0.5, 0.6) is 5.75 Å². The monoisotopic (exact) mass is 366 g/mol. The maximum atomic E-state index is 12.3. The van der Waals surface area contributed by atoms with Crippen molar-refractivity contribution in [1.29, 1.82) is 0 Å². The van der Waals surface area contributed by atoms with E-state index in [9.17, 15) is 4.79 Å². The molecule has 27 heavy (non-hydrogen) atoms. The molecule has 0 unspecified atom stereocenters. The summed E-state index contributed by atoms with van der Waals surface area (Å²) in [6, 6.07) is 14.9. The lowest BCUT2D eigenvalue weighted by Crippen LogP contribution is -2.33. The molecule has 1 N–H and O–H groups in total. The number of carbonyl (C=O) groups is 1. The smallest absolute Gasteiger partial charge is 0.321 e. The fourth-order valence-corrected chi connectivity index (χ4v) is 2.46. The molecule has 2 amide bonds. The number of carbonyl (C=O) groups excluding carboxylic acids is 1. The van der Waals surface area contributed by atoms with Crippen LogP contribution in [0.2, 0.25) is 0 Å². The maximum Gasteiger partial charge on any atom is 0.321 e. The normalized spacial score (nSPS) is 10.5. The summed E-state index contributed by atoms with van der Waals surface area (Å²) in [5.74, 6) is 1.73. The zero-order valence-electron chi connectivity index (χ0n) is 15.6. The van der Waals surface area contributed by atoms with Crippen LogP contribution in [0.1, 0.15) is 11.4 Å². The van der Waals surface area contributed by atoms with Crippen LogP contribution in [0, 0.1) is 6.92 Å². The molecule has 1 heterocycles. The highest BCUT2D eigenvalue weighted by Gasteiger charge is 2.13. The van der Waals surface area contributed by atoms with Gasteiger partial charge in [0, 0.05) is 37.3 Å². The summed E-state index contributed by atoms with van der Waals surface area (Å²) in [6.45, 7) is 2.48. The van der Waals surface area contributed by atoms with Crippen molar-refractivity contribution in [1.82, 2.24) is 15.0 Å². The summed E-state index contributed by atoms with van der Waals surface area (Å²) < 4.78 is 10.5. The average Bonchev–Trinajstić information content (AvgIpc) is 3.15. The number of likely N-dealkylation sites (N-methyl/N-ethyl adjacent to an activating group) is 1. The van der Waals surface area contributed by atoms with Crippen molar-refractivity contribution in [2.75, 3.05) is 26.0 Å². The predicted molar refractivity (Wildman–Crippen MR) is 103 cm³/mol. The molecule has 0 spiro atoms. The quantitative estimate of drug-likeness (QED) is 0.718. The number of aryl methyl sites for hydroxylation is 1. The van der Waals surface area contributed by atoms with Crippen molar-refractivity contribution < 1.29 is 14.1 Å². The molecule has 3 rings (SSSR count). The number of hydrogen-bond donors (Lipinski definition) is 1. The van der Waals surface area contributed by atoms with Crippen LogP contribution < -0.4 is 10.1 Å². The van der Waals surface area contributed by atoms with Crippen molar-refractivity contribution in [3.8, 4) is 17.2 Å². The molecule has 2 aromatic carbocycles. The van der Waals surface area contributed by atoms with Gasteiger partial charge < -0.3 is 19.5 Å². The molecule has 0 atom stereocenters. The number of anilines is 1. The molecule has 0 radical (unpaired) electrons. The van der Waals surface area contributed by atoms with Crippen molar-refractivity contribution in [2.45, 2.75) is 13.3 Å². The third kappa shape index (κ3) is 4.84. The predicted octanol–water partition coefficient (Wildman–Crippen LogP) is 3.76. The minimum absolute atomic E-state index is 0.217. The zero-order valence-corrected chi connectivity index (χ0v) is 15.6. The van der Waals surface area contributed by atoms with Gasteiger partial charge in [-0.1, -0.05) is 28.9 Å². The summed E-state index contributed by atoms with van der Waals surface area (Å²) in [7, 11) is 3.30. The number of urea groups is 1.